The highest BCUT2D eigenvalue weighted by Gasteiger charge is 2.26. The lowest BCUT2D eigenvalue weighted by atomic mass is 10.0. The molecular formula is C11H11ClN4O3. The molecule has 0 spiro atoms. The van der Waals surface area contributed by atoms with Crippen LogP contribution in [0.2, 0.25) is 5.15 Å². The van der Waals surface area contributed by atoms with Gasteiger partial charge >= 0.3 is 0 Å². The molecule has 1 unspecified atom stereocenters. The second kappa shape index (κ2) is 5.63. The maximum Gasteiger partial charge on any atom is 0.288 e. The van der Waals surface area contributed by atoms with Crippen LogP contribution in [0.3, 0.4) is 0 Å². The van der Waals surface area contributed by atoms with Crippen LogP contribution in [-0.4, -0.2) is 21.4 Å². The number of hydrogen-bond donors (Lipinski definition) is 1. The highest BCUT2D eigenvalue weighted by molar-refractivity contribution is 6.32. The number of rotatable bonds is 4. The Kier molecular flexibility index (Phi) is 4.40. The van der Waals surface area contributed by atoms with E-state index in [1.54, 1.807) is 13.8 Å². The predicted molar refractivity (Wildman–Crippen MR) is 67.7 cm³/mol. The summed E-state index contributed by atoms with van der Waals surface area (Å²) >= 11 is 5.73. The summed E-state index contributed by atoms with van der Waals surface area (Å²) in [5.74, 6) is -0.674. The largest absolute Gasteiger partial charge is 0.334 e. The molecule has 19 heavy (non-hydrogen) atoms. The third-order valence-electron chi connectivity index (χ3n) is 2.62. The van der Waals surface area contributed by atoms with Crippen molar-refractivity contribution in [1.82, 2.24) is 10.3 Å². The summed E-state index contributed by atoms with van der Waals surface area (Å²) in [6.07, 6.45) is 1.34. The number of nitriles is 1. The fourth-order valence-electron chi connectivity index (χ4n) is 1.21. The van der Waals surface area contributed by atoms with Crippen molar-refractivity contribution in [3.05, 3.63) is 33.1 Å². The SMILES string of the molecule is CCC(C)(C#N)NC(=O)c1cc([N+](=O)[O-])cnc1Cl. The van der Waals surface area contributed by atoms with Gasteiger partial charge in [0.2, 0.25) is 0 Å². The van der Waals surface area contributed by atoms with Crippen molar-refractivity contribution >= 4 is 23.2 Å². The Balaban J connectivity index is 3.10. The molecule has 1 rings (SSSR count). The number of nitrogens with zero attached hydrogens (tertiary/aromatic N) is 3. The standard InChI is InChI=1S/C11H11ClN4O3/c1-3-11(2,6-13)15-10(17)8-4-7(16(18)19)5-14-9(8)12/h4-5H,3H2,1-2H3,(H,15,17). The van der Waals surface area contributed by atoms with E-state index in [0.29, 0.717) is 6.42 Å². The second-order valence-electron chi connectivity index (χ2n) is 4.04. The number of hydrogen-bond acceptors (Lipinski definition) is 5. The molecule has 0 bridgehead atoms. The molecule has 0 aliphatic rings. The molecule has 0 radical (unpaired) electrons. The lowest BCUT2D eigenvalue weighted by Crippen LogP contribution is -2.44. The van der Waals surface area contributed by atoms with Gasteiger partial charge in [-0.2, -0.15) is 5.26 Å². The lowest BCUT2D eigenvalue weighted by molar-refractivity contribution is -0.385. The molecule has 1 atom stereocenters. The zero-order valence-corrected chi connectivity index (χ0v) is 11.1. The van der Waals surface area contributed by atoms with Crippen LogP contribution in [0.25, 0.3) is 0 Å². The molecule has 100 valence electrons. The summed E-state index contributed by atoms with van der Waals surface area (Å²) in [6, 6.07) is 2.98. The number of halogens is 1. The summed E-state index contributed by atoms with van der Waals surface area (Å²) in [5.41, 5.74) is -1.54. The Morgan fingerprint density at radius 3 is 2.84 bits per heavy atom. The first kappa shape index (κ1) is 14.9. The lowest BCUT2D eigenvalue weighted by Gasteiger charge is -2.21. The average molecular weight is 283 g/mol. The molecule has 7 nitrogen and oxygen atoms in total. The third-order valence-corrected chi connectivity index (χ3v) is 2.92. The van der Waals surface area contributed by atoms with Gasteiger partial charge in [0.15, 0.2) is 0 Å². The van der Waals surface area contributed by atoms with Gasteiger partial charge in [0.05, 0.1) is 16.6 Å². The van der Waals surface area contributed by atoms with Gasteiger partial charge in [0.25, 0.3) is 11.6 Å². The monoisotopic (exact) mass is 282 g/mol. The van der Waals surface area contributed by atoms with E-state index in [-0.39, 0.29) is 16.4 Å². The van der Waals surface area contributed by atoms with Crippen LogP contribution >= 0.6 is 11.6 Å². The van der Waals surface area contributed by atoms with Crippen LogP contribution in [0.4, 0.5) is 5.69 Å². The van der Waals surface area contributed by atoms with Crippen molar-refractivity contribution in [3.8, 4) is 6.07 Å². The first-order valence-electron chi connectivity index (χ1n) is 5.36. The maximum atomic E-state index is 12.0. The van der Waals surface area contributed by atoms with Crippen LogP contribution < -0.4 is 5.32 Å². The van der Waals surface area contributed by atoms with E-state index in [1.807, 2.05) is 6.07 Å². The average Bonchev–Trinajstić information content (AvgIpc) is 2.38. The molecule has 1 aromatic heterocycles. The Hall–Kier alpha value is -2.20. The summed E-state index contributed by atoms with van der Waals surface area (Å²) in [4.78, 5) is 25.5. The van der Waals surface area contributed by atoms with E-state index in [9.17, 15) is 14.9 Å². The molecule has 1 aromatic rings. The molecular weight excluding hydrogens is 272 g/mol. The van der Waals surface area contributed by atoms with Crippen LogP contribution in [0.1, 0.15) is 30.6 Å². The Morgan fingerprint density at radius 2 is 2.37 bits per heavy atom. The Morgan fingerprint density at radius 1 is 1.74 bits per heavy atom. The fraction of sp³-hybridized carbons (Fsp3) is 0.364. The van der Waals surface area contributed by atoms with Gasteiger partial charge in [-0.3, -0.25) is 14.9 Å². The van der Waals surface area contributed by atoms with Gasteiger partial charge < -0.3 is 5.32 Å². The van der Waals surface area contributed by atoms with E-state index in [0.717, 1.165) is 12.3 Å². The fourth-order valence-corrected chi connectivity index (χ4v) is 1.40. The normalized spacial score (nSPS) is 13.2. The van der Waals surface area contributed by atoms with Crippen molar-refractivity contribution in [2.24, 2.45) is 0 Å². The number of nitro groups is 1. The number of pyridine rings is 1. The third kappa shape index (κ3) is 3.39. The summed E-state index contributed by atoms with van der Waals surface area (Å²) in [6.45, 7) is 3.28. The molecule has 0 saturated carbocycles. The molecule has 8 heteroatoms. The molecule has 1 heterocycles. The van der Waals surface area contributed by atoms with Crippen molar-refractivity contribution < 1.29 is 9.72 Å². The van der Waals surface area contributed by atoms with E-state index in [2.05, 4.69) is 10.3 Å². The van der Waals surface area contributed by atoms with E-state index in [4.69, 9.17) is 16.9 Å². The molecule has 0 aromatic carbocycles. The minimum absolute atomic E-state index is 0.134. The summed E-state index contributed by atoms with van der Waals surface area (Å²) < 4.78 is 0. The first-order chi connectivity index (χ1) is 8.83. The second-order valence-corrected chi connectivity index (χ2v) is 4.40. The summed E-state index contributed by atoms with van der Waals surface area (Å²) in [7, 11) is 0. The zero-order valence-electron chi connectivity index (χ0n) is 10.3. The van der Waals surface area contributed by atoms with E-state index >= 15 is 0 Å². The maximum absolute atomic E-state index is 12.0. The molecule has 0 aliphatic carbocycles. The number of carbonyl (C=O) groups excluding carboxylic acids is 1. The molecule has 0 fully saturated rings. The predicted octanol–water partition coefficient (Wildman–Crippen LogP) is 2.07. The van der Waals surface area contributed by atoms with Crippen LogP contribution in [0, 0.1) is 21.4 Å². The van der Waals surface area contributed by atoms with Crippen molar-refractivity contribution in [2.75, 3.05) is 0 Å². The quantitative estimate of drug-likeness (QED) is 0.516. The highest BCUT2D eigenvalue weighted by atomic mass is 35.5. The number of aromatic nitrogens is 1. The van der Waals surface area contributed by atoms with E-state index in [1.165, 1.54) is 0 Å². The molecule has 1 amide bonds. The number of amides is 1. The topological polar surface area (TPSA) is 109 Å². The Bertz CT molecular complexity index is 570. The molecule has 1 N–H and O–H groups in total. The van der Waals surface area contributed by atoms with Gasteiger partial charge in [-0.25, -0.2) is 4.98 Å². The minimum Gasteiger partial charge on any atom is -0.334 e. The number of carbonyl (C=O) groups is 1. The molecule has 0 aliphatic heterocycles. The Labute approximate surface area is 114 Å². The van der Waals surface area contributed by atoms with Crippen molar-refractivity contribution in [3.63, 3.8) is 0 Å². The van der Waals surface area contributed by atoms with E-state index < -0.39 is 16.4 Å². The van der Waals surface area contributed by atoms with Crippen molar-refractivity contribution in [1.29, 1.82) is 5.26 Å². The van der Waals surface area contributed by atoms with Crippen LogP contribution in [0.5, 0.6) is 0 Å². The first-order valence-corrected chi connectivity index (χ1v) is 5.74. The highest BCUT2D eigenvalue weighted by Crippen LogP contribution is 2.20. The van der Waals surface area contributed by atoms with Gasteiger partial charge in [-0.05, 0) is 13.3 Å². The van der Waals surface area contributed by atoms with Crippen LogP contribution in [-0.2, 0) is 0 Å². The van der Waals surface area contributed by atoms with Crippen molar-refractivity contribution in [2.45, 2.75) is 25.8 Å². The van der Waals surface area contributed by atoms with Gasteiger partial charge in [-0.15, -0.1) is 0 Å². The number of nitrogens with one attached hydrogen (secondary N) is 1. The van der Waals surface area contributed by atoms with Gasteiger partial charge in [0, 0.05) is 6.07 Å². The summed E-state index contributed by atoms with van der Waals surface area (Å²) in [5, 5.41) is 21.9. The van der Waals surface area contributed by atoms with Gasteiger partial charge in [0.1, 0.15) is 16.9 Å². The minimum atomic E-state index is -1.06. The molecule has 0 saturated heterocycles. The smallest absolute Gasteiger partial charge is 0.288 e. The van der Waals surface area contributed by atoms with Crippen LogP contribution in [0.15, 0.2) is 12.3 Å². The zero-order chi connectivity index (χ0) is 14.6. The van der Waals surface area contributed by atoms with Gasteiger partial charge in [-0.1, -0.05) is 18.5 Å².